The Bertz CT molecular complexity index is 383. The molecule has 2 rings (SSSR count). The van der Waals surface area contributed by atoms with E-state index >= 15 is 0 Å². The van der Waals surface area contributed by atoms with E-state index in [1.807, 2.05) is 12.1 Å². The molecular weight excluding hydrogens is 190 g/mol. The van der Waals surface area contributed by atoms with Gasteiger partial charge < -0.3 is 10.5 Å². The zero-order chi connectivity index (χ0) is 10.9. The maximum atomic E-state index is 11.0. The lowest BCUT2D eigenvalue weighted by atomic mass is 9.92. The fourth-order valence-corrected chi connectivity index (χ4v) is 1.98. The van der Waals surface area contributed by atoms with Crippen LogP contribution in [0.25, 0.3) is 0 Å². The van der Waals surface area contributed by atoms with Gasteiger partial charge in [0.05, 0.1) is 7.11 Å². The molecule has 15 heavy (non-hydrogen) atoms. The second kappa shape index (κ2) is 3.66. The van der Waals surface area contributed by atoms with Crippen LogP contribution in [-0.4, -0.2) is 19.9 Å². The Kier molecular flexibility index (Phi) is 2.49. The van der Waals surface area contributed by atoms with E-state index in [-0.39, 0.29) is 5.41 Å². The predicted molar refractivity (Wildman–Crippen MR) is 58.3 cm³/mol. The van der Waals surface area contributed by atoms with Crippen LogP contribution in [0.15, 0.2) is 18.2 Å². The Morgan fingerprint density at radius 1 is 1.53 bits per heavy atom. The summed E-state index contributed by atoms with van der Waals surface area (Å²) < 4.78 is 5.09. The fourth-order valence-electron chi connectivity index (χ4n) is 1.98. The first kappa shape index (κ1) is 10.2. The van der Waals surface area contributed by atoms with Crippen LogP contribution in [0.5, 0.6) is 5.75 Å². The largest absolute Gasteiger partial charge is 0.497 e. The third kappa shape index (κ3) is 1.63. The smallest absolute Gasteiger partial charge is 0.150 e. The zero-order valence-corrected chi connectivity index (χ0v) is 8.82. The van der Waals surface area contributed by atoms with E-state index in [4.69, 9.17) is 10.5 Å². The molecule has 0 aromatic heterocycles. The normalized spacial score (nSPS) is 17.2. The molecule has 0 bridgehead atoms. The van der Waals surface area contributed by atoms with Gasteiger partial charge in [-0.05, 0) is 30.5 Å². The van der Waals surface area contributed by atoms with E-state index < -0.39 is 0 Å². The highest BCUT2D eigenvalue weighted by Gasteiger charge is 2.44. The van der Waals surface area contributed by atoms with Gasteiger partial charge in [0.25, 0.3) is 0 Å². The number of benzene rings is 1. The second-order valence-electron chi connectivity index (χ2n) is 4.06. The number of nitrogens with two attached hydrogens (primary N) is 1. The summed E-state index contributed by atoms with van der Waals surface area (Å²) in [5, 5.41) is 0. The first-order valence-corrected chi connectivity index (χ1v) is 5.09. The average molecular weight is 205 g/mol. The summed E-state index contributed by atoms with van der Waals surface area (Å²) in [4.78, 5) is 11.0. The Balaban J connectivity index is 2.43. The molecule has 1 saturated carbocycles. The van der Waals surface area contributed by atoms with Crippen molar-refractivity contribution in [3.8, 4) is 5.75 Å². The van der Waals surface area contributed by atoms with Gasteiger partial charge in [0, 0.05) is 17.5 Å². The highest BCUT2D eigenvalue weighted by molar-refractivity contribution is 5.79. The van der Waals surface area contributed by atoms with E-state index in [0.717, 1.165) is 24.7 Å². The number of rotatable bonds is 4. The number of aldehydes is 1. The summed E-state index contributed by atoms with van der Waals surface area (Å²) in [6, 6.07) is 5.62. The van der Waals surface area contributed by atoms with Crippen molar-refractivity contribution in [1.82, 2.24) is 0 Å². The first-order valence-electron chi connectivity index (χ1n) is 5.09. The molecule has 0 aliphatic heterocycles. The molecule has 1 aliphatic rings. The van der Waals surface area contributed by atoms with Crippen LogP contribution in [0, 0.1) is 0 Å². The van der Waals surface area contributed by atoms with E-state index in [1.165, 1.54) is 0 Å². The summed E-state index contributed by atoms with van der Waals surface area (Å²) in [5.41, 5.74) is 7.58. The summed E-state index contributed by atoms with van der Waals surface area (Å²) in [5.74, 6) is 0.716. The molecule has 2 N–H and O–H groups in total. The maximum Gasteiger partial charge on any atom is 0.150 e. The molecule has 1 aliphatic carbocycles. The number of hydrogen-bond donors (Lipinski definition) is 1. The molecule has 1 fully saturated rings. The number of hydrogen-bond acceptors (Lipinski definition) is 3. The minimum Gasteiger partial charge on any atom is -0.497 e. The van der Waals surface area contributed by atoms with Gasteiger partial charge in [-0.25, -0.2) is 0 Å². The van der Waals surface area contributed by atoms with Crippen LogP contribution in [0.1, 0.15) is 28.8 Å². The van der Waals surface area contributed by atoms with E-state index in [1.54, 1.807) is 13.2 Å². The third-order valence-electron chi connectivity index (χ3n) is 3.20. The molecule has 3 nitrogen and oxygen atoms in total. The highest BCUT2D eigenvalue weighted by atomic mass is 16.5. The molecule has 0 unspecified atom stereocenters. The highest BCUT2D eigenvalue weighted by Crippen LogP contribution is 2.48. The van der Waals surface area contributed by atoms with Crippen molar-refractivity contribution in [3.63, 3.8) is 0 Å². The Morgan fingerprint density at radius 2 is 2.27 bits per heavy atom. The van der Waals surface area contributed by atoms with E-state index in [9.17, 15) is 4.79 Å². The minimum atomic E-state index is 0.0581. The predicted octanol–water partition coefficient (Wildman–Crippen LogP) is 1.50. The van der Waals surface area contributed by atoms with Crippen molar-refractivity contribution in [2.45, 2.75) is 18.3 Å². The molecule has 0 heterocycles. The Morgan fingerprint density at radius 3 is 2.73 bits per heavy atom. The lowest BCUT2D eigenvalue weighted by Crippen LogP contribution is -2.21. The van der Waals surface area contributed by atoms with Gasteiger partial charge in [-0.2, -0.15) is 0 Å². The fraction of sp³-hybridized carbons (Fsp3) is 0.417. The molecule has 1 aromatic carbocycles. The molecule has 0 atom stereocenters. The Hall–Kier alpha value is -1.35. The second-order valence-corrected chi connectivity index (χ2v) is 4.06. The van der Waals surface area contributed by atoms with Crippen LogP contribution in [0.2, 0.25) is 0 Å². The summed E-state index contributed by atoms with van der Waals surface area (Å²) in [6.45, 7) is 0.611. The molecule has 3 heteroatoms. The molecular formula is C12H15NO2. The first-order chi connectivity index (χ1) is 7.25. The number of carbonyl (C=O) groups excluding carboxylic acids is 1. The van der Waals surface area contributed by atoms with Crippen molar-refractivity contribution >= 4 is 6.29 Å². The Labute approximate surface area is 89.2 Å². The lowest BCUT2D eigenvalue weighted by Gasteiger charge is -2.15. The van der Waals surface area contributed by atoms with Gasteiger partial charge in [-0.3, -0.25) is 4.79 Å². The van der Waals surface area contributed by atoms with Gasteiger partial charge in [0.1, 0.15) is 12.0 Å². The standard InChI is InChI=1S/C12H15NO2/c1-15-10-2-3-11(9(6-10)7-14)12(8-13)4-5-12/h2-3,6-7H,4-5,8,13H2,1H3. The molecule has 0 amide bonds. The minimum absolute atomic E-state index is 0.0581. The topological polar surface area (TPSA) is 52.3 Å². The zero-order valence-electron chi connectivity index (χ0n) is 8.82. The molecule has 0 saturated heterocycles. The van der Waals surface area contributed by atoms with Crippen molar-refractivity contribution < 1.29 is 9.53 Å². The SMILES string of the molecule is COc1ccc(C2(CN)CC2)c(C=O)c1. The van der Waals surface area contributed by atoms with Crippen LogP contribution in [0.3, 0.4) is 0 Å². The molecule has 80 valence electrons. The average Bonchev–Trinajstić information content (AvgIpc) is 3.09. The van der Waals surface area contributed by atoms with Crippen molar-refractivity contribution in [2.24, 2.45) is 5.73 Å². The third-order valence-corrected chi connectivity index (χ3v) is 3.20. The summed E-state index contributed by atoms with van der Waals surface area (Å²) in [6.07, 6.45) is 3.04. The van der Waals surface area contributed by atoms with Crippen LogP contribution >= 0.6 is 0 Å². The van der Waals surface area contributed by atoms with Gasteiger partial charge in [-0.1, -0.05) is 6.07 Å². The summed E-state index contributed by atoms with van der Waals surface area (Å²) in [7, 11) is 1.60. The molecule has 0 radical (unpaired) electrons. The van der Waals surface area contributed by atoms with E-state index in [2.05, 4.69) is 0 Å². The van der Waals surface area contributed by atoms with Crippen molar-refractivity contribution in [2.75, 3.05) is 13.7 Å². The molecule has 1 aromatic rings. The number of ether oxygens (including phenoxy) is 1. The quantitative estimate of drug-likeness (QED) is 0.758. The van der Waals surface area contributed by atoms with Crippen LogP contribution < -0.4 is 10.5 Å². The van der Waals surface area contributed by atoms with Crippen LogP contribution in [0.4, 0.5) is 0 Å². The van der Waals surface area contributed by atoms with Crippen molar-refractivity contribution in [1.29, 1.82) is 0 Å². The van der Waals surface area contributed by atoms with Crippen molar-refractivity contribution in [3.05, 3.63) is 29.3 Å². The molecule has 0 spiro atoms. The van der Waals surface area contributed by atoms with Gasteiger partial charge in [0.15, 0.2) is 0 Å². The number of carbonyl (C=O) groups is 1. The van der Waals surface area contributed by atoms with Crippen LogP contribution in [-0.2, 0) is 5.41 Å². The van der Waals surface area contributed by atoms with Gasteiger partial charge >= 0.3 is 0 Å². The van der Waals surface area contributed by atoms with Gasteiger partial charge in [-0.15, -0.1) is 0 Å². The lowest BCUT2D eigenvalue weighted by molar-refractivity contribution is 0.112. The van der Waals surface area contributed by atoms with E-state index in [0.29, 0.717) is 17.9 Å². The number of methoxy groups -OCH3 is 1. The maximum absolute atomic E-state index is 11.0. The summed E-state index contributed by atoms with van der Waals surface area (Å²) >= 11 is 0. The monoisotopic (exact) mass is 205 g/mol. The van der Waals surface area contributed by atoms with Gasteiger partial charge in [0.2, 0.25) is 0 Å².